The molecule has 14 heavy (non-hydrogen) atoms. The van der Waals surface area contributed by atoms with Crippen molar-refractivity contribution in [3.05, 3.63) is 0 Å². The summed E-state index contributed by atoms with van der Waals surface area (Å²) >= 11 is 5.43. The van der Waals surface area contributed by atoms with Crippen LogP contribution in [0.5, 0.6) is 0 Å². The summed E-state index contributed by atoms with van der Waals surface area (Å²) in [6, 6.07) is 1.22. The maximum absolute atomic E-state index is 5.43. The molecule has 80 valence electrons. The molecule has 0 atom stereocenters. The van der Waals surface area contributed by atoms with Crippen molar-refractivity contribution in [1.82, 2.24) is 10.2 Å². The number of rotatable bonds is 4. The van der Waals surface area contributed by atoms with Gasteiger partial charge in [-0.15, -0.1) is 0 Å². The van der Waals surface area contributed by atoms with Gasteiger partial charge in [0, 0.05) is 18.6 Å². The highest BCUT2D eigenvalue weighted by Crippen LogP contribution is 2.34. The minimum absolute atomic E-state index is 0.461. The highest BCUT2D eigenvalue weighted by atomic mass is 32.1. The van der Waals surface area contributed by atoms with Crippen molar-refractivity contribution < 1.29 is 0 Å². The second-order valence-corrected chi connectivity index (χ2v) is 5.32. The fraction of sp³-hybridized carbons (Fsp3) is 0.909. The maximum atomic E-state index is 5.43. The minimum Gasteiger partial charge on any atom is -0.360 e. The summed E-state index contributed by atoms with van der Waals surface area (Å²) in [5.41, 5.74) is 0. The molecule has 2 saturated carbocycles. The van der Waals surface area contributed by atoms with Crippen LogP contribution in [0.1, 0.15) is 39.5 Å². The van der Waals surface area contributed by atoms with Gasteiger partial charge in [0.1, 0.15) is 0 Å². The average molecular weight is 212 g/mol. The zero-order valence-corrected chi connectivity index (χ0v) is 9.94. The molecule has 3 heteroatoms. The average Bonchev–Trinajstić information content (AvgIpc) is 2.94. The minimum atomic E-state index is 0.461. The lowest BCUT2D eigenvalue weighted by Crippen LogP contribution is -2.44. The number of nitrogens with one attached hydrogen (secondary N) is 1. The summed E-state index contributed by atoms with van der Waals surface area (Å²) in [4.78, 5) is 2.42. The van der Waals surface area contributed by atoms with Crippen molar-refractivity contribution in [2.45, 2.75) is 51.6 Å². The summed E-state index contributed by atoms with van der Waals surface area (Å²) in [6.07, 6.45) is 5.50. The van der Waals surface area contributed by atoms with Gasteiger partial charge in [-0.3, -0.25) is 0 Å². The van der Waals surface area contributed by atoms with Gasteiger partial charge in [0.15, 0.2) is 5.11 Å². The third kappa shape index (κ3) is 2.84. The molecule has 2 rings (SSSR count). The van der Waals surface area contributed by atoms with Gasteiger partial charge >= 0.3 is 0 Å². The molecule has 0 aromatic heterocycles. The topological polar surface area (TPSA) is 15.3 Å². The Morgan fingerprint density at radius 2 is 2.00 bits per heavy atom. The van der Waals surface area contributed by atoms with E-state index in [0.717, 1.165) is 17.1 Å². The first kappa shape index (κ1) is 10.2. The van der Waals surface area contributed by atoms with E-state index in [4.69, 9.17) is 12.2 Å². The van der Waals surface area contributed by atoms with Gasteiger partial charge < -0.3 is 10.2 Å². The molecule has 0 amide bonds. The summed E-state index contributed by atoms with van der Waals surface area (Å²) < 4.78 is 0. The quantitative estimate of drug-likeness (QED) is 0.719. The molecule has 0 spiro atoms. The van der Waals surface area contributed by atoms with Crippen LogP contribution in [0.4, 0.5) is 0 Å². The van der Waals surface area contributed by atoms with E-state index in [0.29, 0.717) is 6.04 Å². The lowest BCUT2D eigenvalue weighted by Gasteiger charge is -2.27. The second kappa shape index (κ2) is 4.05. The molecular formula is C11H20N2S. The SMILES string of the molecule is CC(C)NC(=S)N(CC1CC1)C1CC1. The lowest BCUT2D eigenvalue weighted by molar-refractivity contribution is 0.380. The smallest absolute Gasteiger partial charge is 0.169 e. The van der Waals surface area contributed by atoms with Crippen molar-refractivity contribution in [2.24, 2.45) is 5.92 Å². The Morgan fingerprint density at radius 1 is 1.36 bits per heavy atom. The zero-order valence-electron chi connectivity index (χ0n) is 9.12. The van der Waals surface area contributed by atoms with Crippen LogP contribution in [0.3, 0.4) is 0 Å². The third-order valence-corrected chi connectivity index (χ3v) is 3.16. The monoisotopic (exact) mass is 212 g/mol. The second-order valence-electron chi connectivity index (χ2n) is 4.93. The van der Waals surface area contributed by atoms with Crippen LogP contribution in [-0.2, 0) is 0 Å². The fourth-order valence-electron chi connectivity index (χ4n) is 1.69. The summed E-state index contributed by atoms with van der Waals surface area (Å²) in [5, 5.41) is 4.34. The predicted octanol–water partition coefficient (Wildman–Crippen LogP) is 2.14. The van der Waals surface area contributed by atoms with Crippen LogP contribution in [0.2, 0.25) is 0 Å². The van der Waals surface area contributed by atoms with Gasteiger partial charge in [-0.25, -0.2) is 0 Å². The van der Waals surface area contributed by atoms with Gasteiger partial charge in [0.25, 0.3) is 0 Å². The Labute approximate surface area is 92.0 Å². The van der Waals surface area contributed by atoms with Crippen LogP contribution in [0.25, 0.3) is 0 Å². The van der Waals surface area contributed by atoms with E-state index >= 15 is 0 Å². The molecule has 0 bridgehead atoms. The first-order chi connectivity index (χ1) is 6.66. The van der Waals surface area contributed by atoms with Gasteiger partial charge in [0.2, 0.25) is 0 Å². The first-order valence-corrected chi connectivity index (χ1v) is 6.15. The molecule has 0 heterocycles. The molecule has 2 aliphatic rings. The molecule has 0 unspecified atom stereocenters. The van der Waals surface area contributed by atoms with Gasteiger partial charge in [0.05, 0.1) is 0 Å². The van der Waals surface area contributed by atoms with Crippen molar-refractivity contribution in [3.8, 4) is 0 Å². The van der Waals surface area contributed by atoms with Gasteiger partial charge in [-0.05, 0) is 57.7 Å². The van der Waals surface area contributed by atoms with Crippen LogP contribution in [0, 0.1) is 5.92 Å². The van der Waals surface area contributed by atoms with E-state index in [1.165, 1.54) is 32.2 Å². The third-order valence-electron chi connectivity index (χ3n) is 2.81. The van der Waals surface area contributed by atoms with E-state index in [1.807, 2.05) is 0 Å². The fourth-order valence-corrected chi connectivity index (χ4v) is 2.15. The standard InChI is InChI=1S/C11H20N2S/c1-8(2)12-11(14)13(10-5-6-10)7-9-3-4-9/h8-10H,3-7H2,1-2H3,(H,12,14). The van der Waals surface area contributed by atoms with E-state index in [-0.39, 0.29) is 0 Å². The number of hydrogen-bond acceptors (Lipinski definition) is 1. The van der Waals surface area contributed by atoms with Crippen molar-refractivity contribution in [2.75, 3.05) is 6.54 Å². The normalized spacial score (nSPS) is 21.1. The van der Waals surface area contributed by atoms with E-state index in [2.05, 4.69) is 24.1 Å². The number of thiocarbonyl (C=S) groups is 1. The highest BCUT2D eigenvalue weighted by Gasteiger charge is 2.34. The maximum Gasteiger partial charge on any atom is 0.169 e. The van der Waals surface area contributed by atoms with Crippen LogP contribution in [0.15, 0.2) is 0 Å². The summed E-state index contributed by atoms with van der Waals surface area (Å²) in [5.74, 6) is 0.933. The molecule has 0 saturated heterocycles. The largest absolute Gasteiger partial charge is 0.360 e. The van der Waals surface area contributed by atoms with E-state index in [1.54, 1.807) is 0 Å². The molecule has 2 aliphatic carbocycles. The first-order valence-electron chi connectivity index (χ1n) is 5.74. The number of hydrogen-bond donors (Lipinski definition) is 1. The van der Waals surface area contributed by atoms with Crippen LogP contribution < -0.4 is 5.32 Å². The van der Waals surface area contributed by atoms with E-state index < -0.39 is 0 Å². The van der Waals surface area contributed by atoms with Crippen molar-refractivity contribution >= 4 is 17.3 Å². The van der Waals surface area contributed by atoms with Gasteiger partial charge in [-0.1, -0.05) is 0 Å². The molecule has 1 N–H and O–H groups in total. The summed E-state index contributed by atoms with van der Waals surface area (Å²) in [7, 11) is 0. The molecule has 0 aromatic rings. The summed E-state index contributed by atoms with van der Waals surface area (Å²) in [6.45, 7) is 5.49. The Bertz CT molecular complexity index is 219. The highest BCUT2D eigenvalue weighted by molar-refractivity contribution is 7.80. The number of nitrogens with zero attached hydrogens (tertiary/aromatic N) is 1. The molecule has 0 radical (unpaired) electrons. The lowest BCUT2D eigenvalue weighted by atomic mass is 10.3. The molecule has 0 aliphatic heterocycles. The Balaban J connectivity index is 1.84. The Kier molecular flexibility index (Phi) is 2.96. The van der Waals surface area contributed by atoms with Crippen LogP contribution >= 0.6 is 12.2 Å². The Morgan fingerprint density at radius 3 is 2.43 bits per heavy atom. The Hall–Kier alpha value is -0.310. The molecular weight excluding hydrogens is 192 g/mol. The predicted molar refractivity (Wildman–Crippen MR) is 63.3 cm³/mol. The van der Waals surface area contributed by atoms with Crippen molar-refractivity contribution in [3.63, 3.8) is 0 Å². The van der Waals surface area contributed by atoms with E-state index in [9.17, 15) is 0 Å². The van der Waals surface area contributed by atoms with Crippen LogP contribution in [-0.4, -0.2) is 28.6 Å². The van der Waals surface area contributed by atoms with Crippen molar-refractivity contribution in [1.29, 1.82) is 0 Å². The molecule has 2 fully saturated rings. The molecule has 0 aromatic carbocycles. The van der Waals surface area contributed by atoms with Gasteiger partial charge in [-0.2, -0.15) is 0 Å². The zero-order chi connectivity index (χ0) is 10.1. The molecule has 2 nitrogen and oxygen atoms in total.